The molecule has 0 unspecified atom stereocenters. The topological polar surface area (TPSA) is 42.0 Å². The predicted molar refractivity (Wildman–Crippen MR) is 73.1 cm³/mol. The van der Waals surface area contributed by atoms with E-state index in [0.29, 0.717) is 10.6 Å². The molecular formula is C13H16Cl2N2O. The number of amides is 1. The lowest BCUT2D eigenvalue weighted by molar-refractivity contribution is 0.0943. The van der Waals surface area contributed by atoms with Crippen molar-refractivity contribution >= 4 is 29.1 Å². The highest BCUT2D eigenvalue weighted by molar-refractivity contribution is 6.35. The Morgan fingerprint density at radius 1 is 1.28 bits per heavy atom. The maximum atomic E-state index is 12.2. The molecule has 0 aliphatic heterocycles. The fourth-order valence-corrected chi connectivity index (χ4v) is 2.70. The van der Waals surface area contributed by atoms with Crippen molar-refractivity contribution in [3.8, 4) is 0 Å². The third-order valence-corrected chi connectivity index (χ3v) is 4.87. The molecule has 0 bridgehead atoms. The summed E-state index contributed by atoms with van der Waals surface area (Å²) in [5.74, 6) is -0.201. The van der Waals surface area contributed by atoms with Gasteiger partial charge in [0.25, 0.3) is 5.91 Å². The van der Waals surface area contributed by atoms with E-state index in [1.807, 2.05) is 0 Å². The van der Waals surface area contributed by atoms with Crippen molar-refractivity contribution in [2.45, 2.75) is 33.7 Å². The smallest absolute Gasteiger partial charge is 0.253 e. The number of rotatable bonds is 2. The zero-order valence-corrected chi connectivity index (χ0v) is 12.4. The number of hydrogen-bond acceptors (Lipinski definition) is 2. The summed E-state index contributed by atoms with van der Waals surface area (Å²) in [7, 11) is 0. The molecule has 98 valence electrons. The van der Waals surface area contributed by atoms with Crippen LogP contribution in [0.15, 0.2) is 12.3 Å². The molecule has 1 fully saturated rings. The van der Waals surface area contributed by atoms with E-state index in [1.165, 1.54) is 12.3 Å². The summed E-state index contributed by atoms with van der Waals surface area (Å²) in [6.07, 6.45) is 1.39. The molecule has 1 amide bonds. The van der Waals surface area contributed by atoms with E-state index >= 15 is 0 Å². The first-order valence-corrected chi connectivity index (χ1v) is 6.55. The van der Waals surface area contributed by atoms with Crippen molar-refractivity contribution in [1.29, 1.82) is 0 Å². The van der Waals surface area contributed by atoms with Crippen molar-refractivity contribution in [3.63, 3.8) is 0 Å². The van der Waals surface area contributed by atoms with Crippen LogP contribution in [-0.2, 0) is 0 Å². The average Bonchev–Trinajstić information content (AvgIpc) is 2.64. The van der Waals surface area contributed by atoms with Crippen molar-refractivity contribution in [2.24, 2.45) is 10.8 Å². The summed E-state index contributed by atoms with van der Waals surface area (Å²) in [6, 6.07) is 1.63. The standard InChI is InChI=1S/C13H16Cl2N2O/c1-12(2)11(13(12,3)4)17-10(18)7-5-9(15)16-6-8(7)14/h5-6,11H,1-4H3,(H,17,18). The van der Waals surface area contributed by atoms with Gasteiger partial charge in [0, 0.05) is 12.2 Å². The molecule has 1 saturated carbocycles. The van der Waals surface area contributed by atoms with Crippen LogP contribution in [-0.4, -0.2) is 16.9 Å². The first-order valence-electron chi connectivity index (χ1n) is 5.80. The molecule has 3 nitrogen and oxygen atoms in total. The van der Waals surface area contributed by atoms with E-state index in [2.05, 4.69) is 38.0 Å². The van der Waals surface area contributed by atoms with Gasteiger partial charge < -0.3 is 5.32 Å². The van der Waals surface area contributed by atoms with Gasteiger partial charge in [0.05, 0.1) is 10.6 Å². The van der Waals surface area contributed by atoms with E-state index in [9.17, 15) is 4.79 Å². The number of aromatic nitrogens is 1. The summed E-state index contributed by atoms with van der Waals surface area (Å²) in [5.41, 5.74) is 0.549. The SMILES string of the molecule is CC1(C)C(NC(=O)c2cc(Cl)ncc2Cl)C1(C)C. The number of nitrogens with one attached hydrogen (secondary N) is 1. The molecule has 0 aromatic carbocycles. The Morgan fingerprint density at radius 2 is 1.83 bits per heavy atom. The second-order valence-corrected chi connectivity index (χ2v) is 6.63. The minimum Gasteiger partial charge on any atom is -0.348 e. The number of carbonyl (C=O) groups excluding carboxylic acids is 1. The molecule has 1 heterocycles. The minimum absolute atomic E-state index is 0.0892. The third kappa shape index (κ3) is 1.99. The molecule has 1 N–H and O–H groups in total. The van der Waals surface area contributed by atoms with Crippen molar-refractivity contribution in [2.75, 3.05) is 0 Å². The van der Waals surface area contributed by atoms with Crippen LogP contribution in [0.1, 0.15) is 38.1 Å². The number of pyridine rings is 1. The second kappa shape index (κ2) is 4.10. The third-order valence-electron chi connectivity index (χ3n) is 4.36. The lowest BCUT2D eigenvalue weighted by Crippen LogP contribution is -2.30. The molecule has 0 saturated heterocycles. The first kappa shape index (κ1) is 13.6. The van der Waals surface area contributed by atoms with E-state index in [4.69, 9.17) is 23.2 Å². The molecule has 1 aliphatic rings. The normalized spacial score (nSPS) is 20.6. The largest absolute Gasteiger partial charge is 0.348 e. The summed E-state index contributed by atoms with van der Waals surface area (Å²) in [6.45, 7) is 8.55. The van der Waals surface area contributed by atoms with Crippen molar-refractivity contribution in [1.82, 2.24) is 10.3 Å². The van der Waals surface area contributed by atoms with Gasteiger partial charge in [-0.15, -0.1) is 0 Å². The van der Waals surface area contributed by atoms with E-state index in [1.54, 1.807) is 0 Å². The monoisotopic (exact) mass is 286 g/mol. The van der Waals surface area contributed by atoms with Gasteiger partial charge in [-0.05, 0) is 16.9 Å². The van der Waals surface area contributed by atoms with Gasteiger partial charge in [-0.25, -0.2) is 4.98 Å². The molecule has 2 rings (SSSR count). The first-order chi connectivity index (χ1) is 8.18. The predicted octanol–water partition coefficient (Wildman–Crippen LogP) is 3.55. The number of halogens is 2. The van der Waals surface area contributed by atoms with Crippen LogP contribution in [0.25, 0.3) is 0 Å². The molecule has 1 aromatic rings. The van der Waals surface area contributed by atoms with Gasteiger partial charge in [0.2, 0.25) is 0 Å². The fourth-order valence-electron chi connectivity index (χ4n) is 2.35. The van der Waals surface area contributed by atoms with Crippen molar-refractivity contribution in [3.05, 3.63) is 28.0 Å². The van der Waals surface area contributed by atoms with Crippen molar-refractivity contribution < 1.29 is 4.79 Å². The molecule has 5 heteroatoms. The van der Waals surface area contributed by atoms with Crippen LogP contribution < -0.4 is 5.32 Å². The minimum atomic E-state index is -0.201. The number of carbonyl (C=O) groups is 1. The Morgan fingerprint density at radius 3 is 2.33 bits per heavy atom. The van der Waals surface area contributed by atoms with Crippen LogP contribution in [0, 0.1) is 10.8 Å². The Balaban J connectivity index is 2.17. The molecule has 0 radical (unpaired) electrons. The molecule has 0 spiro atoms. The van der Waals surface area contributed by atoms with E-state index in [0.717, 1.165) is 0 Å². The van der Waals surface area contributed by atoms with Gasteiger partial charge in [0.15, 0.2) is 0 Å². The molecular weight excluding hydrogens is 271 g/mol. The summed E-state index contributed by atoms with van der Waals surface area (Å²) < 4.78 is 0. The highest BCUT2D eigenvalue weighted by Gasteiger charge is 2.65. The molecule has 1 aromatic heterocycles. The van der Waals surface area contributed by atoms with Gasteiger partial charge in [-0.2, -0.15) is 0 Å². The van der Waals surface area contributed by atoms with Crippen LogP contribution in [0.2, 0.25) is 10.2 Å². The van der Waals surface area contributed by atoms with Crippen LogP contribution in [0.5, 0.6) is 0 Å². The zero-order chi connectivity index (χ0) is 13.7. The maximum absolute atomic E-state index is 12.2. The lowest BCUT2D eigenvalue weighted by atomic mass is 10.0. The van der Waals surface area contributed by atoms with E-state index in [-0.39, 0.29) is 27.9 Å². The summed E-state index contributed by atoms with van der Waals surface area (Å²) in [4.78, 5) is 16.0. The van der Waals surface area contributed by atoms with Gasteiger partial charge in [-0.3, -0.25) is 4.79 Å². The zero-order valence-electron chi connectivity index (χ0n) is 10.8. The lowest BCUT2D eigenvalue weighted by Gasteiger charge is -2.08. The molecule has 0 atom stereocenters. The number of hydrogen-bond donors (Lipinski definition) is 1. The van der Waals surface area contributed by atoms with Gasteiger partial charge >= 0.3 is 0 Å². The van der Waals surface area contributed by atoms with Gasteiger partial charge in [0.1, 0.15) is 5.15 Å². The average molecular weight is 287 g/mol. The Labute approximate surface area is 117 Å². The Kier molecular flexibility index (Phi) is 3.11. The highest BCUT2D eigenvalue weighted by Crippen LogP contribution is 2.62. The van der Waals surface area contributed by atoms with E-state index < -0.39 is 0 Å². The Hall–Kier alpha value is -0.800. The molecule has 18 heavy (non-hydrogen) atoms. The van der Waals surface area contributed by atoms with Crippen LogP contribution in [0.4, 0.5) is 0 Å². The molecule has 1 aliphatic carbocycles. The summed E-state index contributed by atoms with van der Waals surface area (Å²) in [5, 5.41) is 3.58. The second-order valence-electron chi connectivity index (χ2n) is 5.84. The van der Waals surface area contributed by atoms with Crippen LogP contribution in [0.3, 0.4) is 0 Å². The van der Waals surface area contributed by atoms with Crippen LogP contribution >= 0.6 is 23.2 Å². The Bertz CT molecular complexity index is 498. The van der Waals surface area contributed by atoms with Gasteiger partial charge in [-0.1, -0.05) is 50.9 Å². The maximum Gasteiger partial charge on any atom is 0.253 e. The quantitative estimate of drug-likeness (QED) is 0.845. The fraction of sp³-hybridized carbons (Fsp3) is 0.538. The highest BCUT2D eigenvalue weighted by atomic mass is 35.5. The number of nitrogens with zero attached hydrogens (tertiary/aromatic N) is 1. The summed E-state index contributed by atoms with van der Waals surface area (Å²) >= 11 is 11.7.